The van der Waals surface area contributed by atoms with E-state index in [0.717, 1.165) is 16.8 Å². The maximum Gasteiger partial charge on any atom is 0.415 e. The van der Waals surface area contributed by atoms with Gasteiger partial charge in [0.15, 0.2) is 0 Å². The van der Waals surface area contributed by atoms with Crippen molar-refractivity contribution in [3.05, 3.63) is 48.5 Å². The van der Waals surface area contributed by atoms with Crippen LogP contribution in [0.3, 0.4) is 0 Å². The number of nitrogen functional groups attached to an aromatic ring is 1. The van der Waals surface area contributed by atoms with Gasteiger partial charge in [0.05, 0.1) is 5.69 Å². The summed E-state index contributed by atoms with van der Waals surface area (Å²) in [6, 6.07) is 15.4. The number of amides is 1. The number of rotatable bonds is 3. The number of benzene rings is 2. The van der Waals surface area contributed by atoms with Gasteiger partial charge in [-0.1, -0.05) is 30.3 Å². The van der Waals surface area contributed by atoms with Crippen molar-refractivity contribution in [3.63, 3.8) is 0 Å². The lowest BCUT2D eigenvalue weighted by molar-refractivity contribution is 0.0570. The predicted octanol–water partition coefficient (Wildman–Crippen LogP) is 5.09. The number of nitrogens with zero attached hydrogens (tertiary/aromatic N) is 1. The second-order valence-corrected chi connectivity index (χ2v) is 7.09. The second-order valence-electron chi connectivity index (χ2n) is 7.09. The summed E-state index contributed by atoms with van der Waals surface area (Å²) in [4.78, 5) is 14.4. The van der Waals surface area contributed by atoms with Crippen molar-refractivity contribution in [2.75, 3.05) is 10.6 Å². The summed E-state index contributed by atoms with van der Waals surface area (Å²) in [5.41, 5.74) is 8.80. The van der Waals surface area contributed by atoms with Gasteiger partial charge in [-0.05, 0) is 58.4 Å². The fourth-order valence-electron chi connectivity index (χ4n) is 2.53. The van der Waals surface area contributed by atoms with Gasteiger partial charge in [-0.2, -0.15) is 0 Å². The van der Waals surface area contributed by atoms with E-state index in [-0.39, 0.29) is 12.1 Å². The molecule has 2 aromatic carbocycles. The normalized spacial score (nSPS) is 11.4. The molecule has 0 saturated heterocycles. The SMILES string of the molecule is CC(C)N(C(=O)OC(C)(C)C)c1ccccc1-c1cccc(N)c1. The van der Waals surface area contributed by atoms with E-state index >= 15 is 0 Å². The van der Waals surface area contributed by atoms with Gasteiger partial charge in [0.2, 0.25) is 0 Å². The van der Waals surface area contributed by atoms with E-state index in [2.05, 4.69) is 0 Å². The highest BCUT2D eigenvalue weighted by atomic mass is 16.6. The quantitative estimate of drug-likeness (QED) is 0.800. The van der Waals surface area contributed by atoms with E-state index in [0.29, 0.717) is 5.69 Å². The fraction of sp³-hybridized carbons (Fsp3) is 0.350. The minimum absolute atomic E-state index is 0.0398. The molecule has 0 bridgehead atoms. The number of anilines is 2. The number of carbonyl (C=O) groups excluding carboxylic acids is 1. The van der Waals surface area contributed by atoms with Crippen LogP contribution in [0, 0.1) is 0 Å². The van der Waals surface area contributed by atoms with Crippen molar-refractivity contribution in [3.8, 4) is 11.1 Å². The molecule has 0 fully saturated rings. The van der Waals surface area contributed by atoms with Crippen LogP contribution in [0.25, 0.3) is 11.1 Å². The van der Waals surface area contributed by atoms with Crippen LogP contribution < -0.4 is 10.6 Å². The molecule has 4 heteroatoms. The minimum Gasteiger partial charge on any atom is -0.443 e. The average Bonchev–Trinajstić information content (AvgIpc) is 2.45. The monoisotopic (exact) mass is 326 g/mol. The Hall–Kier alpha value is -2.49. The van der Waals surface area contributed by atoms with Crippen LogP contribution in [0.15, 0.2) is 48.5 Å². The summed E-state index contributed by atoms with van der Waals surface area (Å²) in [7, 11) is 0. The minimum atomic E-state index is -0.545. The largest absolute Gasteiger partial charge is 0.443 e. The van der Waals surface area contributed by atoms with Gasteiger partial charge in [-0.25, -0.2) is 4.79 Å². The molecule has 0 aliphatic heterocycles. The molecular formula is C20H26N2O2. The molecule has 0 aliphatic rings. The molecule has 128 valence electrons. The lowest BCUT2D eigenvalue weighted by Gasteiger charge is -2.31. The first kappa shape index (κ1) is 17.9. The maximum absolute atomic E-state index is 12.7. The van der Waals surface area contributed by atoms with Crippen molar-refractivity contribution in [1.82, 2.24) is 0 Å². The van der Waals surface area contributed by atoms with Gasteiger partial charge in [0, 0.05) is 17.3 Å². The Morgan fingerprint density at radius 1 is 1.08 bits per heavy atom. The van der Waals surface area contributed by atoms with Crippen molar-refractivity contribution in [1.29, 1.82) is 0 Å². The van der Waals surface area contributed by atoms with E-state index in [1.807, 2.05) is 83.1 Å². The molecular weight excluding hydrogens is 300 g/mol. The van der Waals surface area contributed by atoms with Gasteiger partial charge in [0.25, 0.3) is 0 Å². The van der Waals surface area contributed by atoms with Crippen molar-refractivity contribution < 1.29 is 9.53 Å². The van der Waals surface area contributed by atoms with Gasteiger partial charge in [0.1, 0.15) is 5.60 Å². The summed E-state index contributed by atoms with van der Waals surface area (Å²) < 4.78 is 5.59. The average molecular weight is 326 g/mol. The lowest BCUT2D eigenvalue weighted by atomic mass is 10.0. The third-order valence-corrected chi connectivity index (χ3v) is 3.47. The van der Waals surface area contributed by atoms with Crippen LogP contribution in [0.2, 0.25) is 0 Å². The summed E-state index contributed by atoms with van der Waals surface area (Å²) in [5.74, 6) is 0. The Morgan fingerprint density at radius 3 is 2.33 bits per heavy atom. The molecule has 0 aliphatic carbocycles. The molecule has 1 amide bonds. The molecule has 2 N–H and O–H groups in total. The molecule has 0 aromatic heterocycles. The van der Waals surface area contributed by atoms with Crippen LogP contribution in [0.4, 0.5) is 16.2 Å². The zero-order chi connectivity index (χ0) is 17.9. The van der Waals surface area contributed by atoms with Crippen LogP contribution in [-0.4, -0.2) is 17.7 Å². The Kier molecular flexibility index (Phi) is 5.17. The molecule has 2 rings (SSSR count). The van der Waals surface area contributed by atoms with E-state index < -0.39 is 5.60 Å². The van der Waals surface area contributed by atoms with E-state index in [1.165, 1.54) is 0 Å². The van der Waals surface area contributed by atoms with Gasteiger partial charge in [-0.3, -0.25) is 4.90 Å². The summed E-state index contributed by atoms with van der Waals surface area (Å²) >= 11 is 0. The van der Waals surface area contributed by atoms with E-state index in [1.54, 1.807) is 4.90 Å². The smallest absolute Gasteiger partial charge is 0.415 e. The molecule has 0 spiro atoms. The van der Waals surface area contributed by atoms with Gasteiger partial charge < -0.3 is 10.5 Å². The Bertz CT molecular complexity index is 718. The first-order valence-corrected chi connectivity index (χ1v) is 8.16. The highest BCUT2D eigenvalue weighted by Gasteiger charge is 2.27. The zero-order valence-electron chi connectivity index (χ0n) is 15.0. The predicted molar refractivity (Wildman–Crippen MR) is 100 cm³/mol. The van der Waals surface area contributed by atoms with Crippen LogP contribution >= 0.6 is 0 Å². The summed E-state index contributed by atoms with van der Waals surface area (Å²) in [6.07, 6.45) is -0.353. The molecule has 0 atom stereocenters. The highest BCUT2D eigenvalue weighted by Crippen LogP contribution is 2.33. The van der Waals surface area contributed by atoms with Gasteiger partial charge in [-0.15, -0.1) is 0 Å². The first-order chi connectivity index (χ1) is 11.2. The number of carbonyl (C=O) groups is 1. The third-order valence-electron chi connectivity index (χ3n) is 3.47. The number of para-hydroxylation sites is 1. The van der Waals surface area contributed by atoms with Crippen molar-refractivity contribution in [2.45, 2.75) is 46.3 Å². The van der Waals surface area contributed by atoms with E-state index in [9.17, 15) is 4.79 Å². The highest BCUT2D eigenvalue weighted by molar-refractivity contribution is 5.94. The van der Waals surface area contributed by atoms with Crippen molar-refractivity contribution >= 4 is 17.5 Å². The standard InChI is InChI=1S/C20H26N2O2/c1-14(2)22(19(23)24-20(3,4)5)18-12-7-6-11-17(18)15-9-8-10-16(21)13-15/h6-14H,21H2,1-5H3. The number of ether oxygens (including phenoxy) is 1. The number of nitrogens with two attached hydrogens (primary N) is 1. The van der Waals surface area contributed by atoms with Crippen molar-refractivity contribution in [2.24, 2.45) is 0 Å². The maximum atomic E-state index is 12.7. The Morgan fingerprint density at radius 2 is 1.75 bits per heavy atom. The Labute approximate surface area is 144 Å². The van der Waals surface area contributed by atoms with E-state index in [4.69, 9.17) is 10.5 Å². The summed E-state index contributed by atoms with van der Waals surface area (Å²) in [5, 5.41) is 0. The molecule has 0 heterocycles. The van der Waals surface area contributed by atoms with Crippen LogP contribution in [0.1, 0.15) is 34.6 Å². The van der Waals surface area contributed by atoms with Crippen LogP contribution in [-0.2, 0) is 4.74 Å². The second kappa shape index (κ2) is 6.95. The van der Waals surface area contributed by atoms with Crippen LogP contribution in [0.5, 0.6) is 0 Å². The number of hydrogen-bond donors (Lipinski definition) is 1. The first-order valence-electron chi connectivity index (χ1n) is 8.16. The molecule has 4 nitrogen and oxygen atoms in total. The molecule has 2 aromatic rings. The number of hydrogen-bond acceptors (Lipinski definition) is 3. The Balaban J connectivity index is 2.50. The van der Waals surface area contributed by atoms with Gasteiger partial charge >= 0.3 is 6.09 Å². The zero-order valence-corrected chi connectivity index (χ0v) is 15.0. The topological polar surface area (TPSA) is 55.6 Å². The molecule has 0 radical (unpaired) electrons. The summed E-state index contributed by atoms with van der Waals surface area (Å²) in [6.45, 7) is 9.55. The molecule has 24 heavy (non-hydrogen) atoms. The molecule has 0 unspecified atom stereocenters. The molecule has 0 saturated carbocycles. The lowest BCUT2D eigenvalue weighted by Crippen LogP contribution is -2.41. The fourth-order valence-corrected chi connectivity index (χ4v) is 2.53. The third kappa shape index (κ3) is 4.28.